The van der Waals surface area contributed by atoms with E-state index in [1.54, 1.807) is 16.6 Å². The van der Waals surface area contributed by atoms with Crippen molar-refractivity contribution in [1.82, 2.24) is 20.0 Å². The number of ether oxygens (including phenoxy) is 1. The molecule has 2 aromatic rings. The van der Waals surface area contributed by atoms with Crippen LogP contribution in [-0.2, 0) is 31.2 Å². The predicted octanol–water partition coefficient (Wildman–Crippen LogP) is 3.47. The number of rotatable bonds is 5. The molecule has 1 aliphatic rings. The first-order valence-electron chi connectivity index (χ1n) is 10.3. The van der Waals surface area contributed by atoms with Crippen molar-refractivity contribution in [2.24, 2.45) is 7.05 Å². The van der Waals surface area contributed by atoms with E-state index in [2.05, 4.69) is 27.9 Å². The second-order valence-electron chi connectivity index (χ2n) is 8.52. The number of amides is 3. The van der Waals surface area contributed by atoms with Crippen LogP contribution in [0.4, 0.5) is 15.4 Å². The van der Waals surface area contributed by atoms with Gasteiger partial charge in [-0.1, -0.05) is 30.3 Å². The molecule has 2 heterocycles. The maximum atomic E-state index is 12.4. The van der Waals surface area contributed by atoms with Crippen molar-refractivity contribution < 1.29 is 14.3 Å². The first-order valence-corrected chi connectivity index (χ1v) is 10.3. The first kappa shape index (κ1) is 21.7. The zero-order valence-electron chi connectivity index (χ0n) is 18.2. The van der Waals surface area contributed by atoms with E-state index in [1.807, 2.05) is 39.0 Å². The Morgan fingerprint density at radius 1 is 1.20 bits per heavy atom. The molecule has 3 amide bonds. The third-order valence-corrected chi connectivity index (χ3v) is 4.85. The molecule has 0 unspecified atom stereocenters. The normalized spacial score (nSPS) is 13.5. The Hall–Kier alpha value is -3.03. The number of aryl methyl sites for hydroxylation is 2. The lowest BCUT2D eigenvalue weighted by atomic mass is 10.1. The van der Waals surface area contributed by atoms with Gasteiger partial charge in [-0.05, 0) is 39.2 Å². The number of carbonyl (C=O) groups excluding carboxylic acids is 2. The molecular formula is C22H31N5O3. The van der Waals surface area contributed by atoms with Crippen molar-refractivity contribution in [2.45, 2.75) is 52.2 Å². The van der Waals surface area contributed by atoms with Crippen LogP contribution in [0.2, 0.25) is 0 Å². The van der Waals surface area contributed by atoms with Gasteiger partial charge in [-0.15, -0.1) is 0 Å². The molecule has 1 aliphatic heterocycles. The molecule has 0 radical (unpaired) electrons. The molecule has 0 aliphatic carbocycles. The van der Waals surface area contributed by atoms with Gasteiger partial charge in [-0.3, -0.25) is 10.00 Å². The Labute approximate surface area is 177 Å². The number of urea groups is 1. The fourth-order valence-electron chi connectivity index (χ4n) is 3.43. The average Bonchev–Trinajstić information content (AvgIpc) is 2.99. The Kier molecular flexibility index (Phi) is 6.64. The minimum Gasteiger partial charge on any atom is -0.444 e. The van der Waals surface area contributed by atoms with Gasteiger partial charge in [-0.25, -0.2) is 9.59 Å². The lowest BCUT2D eigenvalue weighted by Crippen LogP contribution is -2.40. The van der Waals surface area contributed by atoms with Gasteiger partial charge in [0.25, 0.3) is 0 Å². The summed E-state index contributed by atoms with van der Waals surface area (Å²) in [6, 6.07) is 9.91. The summed E-state index contributed by atoms with van der Waals surface area (Å²) in [6.07, 6.45) is 2.04. The van der Waals surface area contributed by atoms with Gasteiger partial charge in [0.2, 0.25) is 0 Å². The van der Waals surface area contributed by atoms with Crippen LogP contribution in [0.5, 0.6) is 0 Å². The van der Waals surface area contributed by atoms with E-state index in [1.165, 1.54) is 5.56 Å². The molecule has 8 heteroatoms. The van der Waals surface area contributed by atoms with Crippen LogP contribution in [0.1, 0.15) is 44.0 Å². The number of fused-ring (bicyclic) bond motifs is 1. The van der Waals surface area contributed by atoms with E-state index >= 15 is 0 Å². The maximum Gasteiger partial charge on any atom is 0.410 e. The number of aromatic nitrogens is 2. The van der Waals surface area contributed by atoms with Crippen molar-refractivity contribution in [3.8, 4) is 0 Å². The highest BCUT2D eigenvalue weighted by atomic mass is 16.6. The van der Waals surface area contributed by atoms with Crippen molar-refractivity contribution in [3.63, 3.8) is 0 Å². The average molecular weight is 414 g/mol. The summed E-state index contributed by atoms with van der Waals surface area (Å²) in [5.74, 6) is 0.610. The van der Waals surface area contributed by atoms with Gasteiger partial charge in [0.15, 0.2) is 0 Å². The summed E-state index contributed by atoms with van der Waals surface area (Å²) in [4.78, 5) is 26.5. The smallest absolute Gasteiger partial charge is 0.410 e. The summed E-state index contributed by atoms with van der Waals surface area (Å²) in [6.45, 7) is 7.02. The van der Waals surface area contributed by atoms with E-state index in [0.717, 1.165) is 24.1 Å². The molecule has 0 bridgehead atoms. The monoisotopic (exact) mass is 413 g/mol. The molecule has 0 atom stereocenters. The van der Waals surface area contributed by atoms with Crippen molar-refractivity contribution in [1.29, 1.82) is 0 Å². The molecule has 0 saturated carbocycles. The number of benzene rings is 1. The molecular weight excluding hydrogens is 382 g/mol. The van der Waals surface area contributed by atoms with Crippen LogP contribution in [-0.4, -0.2) is 45.5 Å². The number of hydrogen-bond donors (Lipinski definition) is 2. The Morgan fingerprint density at radius 2 is 1.93 bits per heavy atom. The second-order valence-corrected chi connectivity index (χ2v) is 8.52. The van der Waals surface area contributed by atoms with Crippen LogP contribution in [0, 0.1) is 0 Å². The number of nitrogens with one attached hydrogen (secondary N) is 2. The van der Waals surface area contributed by atoms with E-state index in [0.29, 0.717) is 31.9 Å². The predicted molar refractivity (Wildman–Crippen MR) is 115 cm³/mol. The molecule has 1 aromatic heterocycles. The Bertz CT molecular complexity index is 886. The molecule has 1 aromatic carbocycles. The number of nitrogens with zero attached hydrogens (tertiary/aromatic N) is 3. The van der Waals surface area contributed by atoms with Crippen LogP contribution >= 0.6 is 0 Å². The molecule has 3 rings (SSSR count). The number of hydrogen-bond acceptors (Lipinski definition) is 4. The standard InChI is InChI=1S/C22H31N5O3/c1-22(2,3)30-21(29)27-14-12-18-17(15-27)19(26(4)25-18)24-20(28)23-13-8-11-16-9-6-5-7-10-16/h5-7,9-10H,8,11-15H2,1-4H3,(H2,23,24,28). The molecule has 30 heavy (non-hydrogen) atoms. The molecule has 0 fully saturated rings. The van der Waals surface area contributed by atoms with Crippen molar-refractivity contribution in [2.75, 3.05) is 18.4 Å². The van der Waals surface area contributed by atoms with Gasteiger partial charge in [0, 0.05) is 32.1 Å². The van der Waals surface area contributed by atoms with Crippen LogP contribution in [0.3, 0.4) is 0 Å². The minimum atomic E-state index is -0.549. The van der Waals surface area contributed by atoms with Crippen LogP contribution in [0.15, 0.2) is 30.3 Å². The van der Waals surface area contributed by atoms with Gasteiger partial charge in [-0.2, -0.15) is 5.10 Å². The summed E-state index contributed by atoms with van der Waals surface area (Å²) < 4.78 is 7.14. The van der Waals surface area contributed by atoms with E-state index in [4.69, 9.17) is 4.74 Å². The highest BCUT2D eigenvalue weighted by Gasteiger charge is 2.30. The molecule has 162 valence electrons. The minimum absolute atomic E-state index is 0.275. The summed E-state index contributed by atoms with van der Waals surface area (Å²) in [5, 5.41) is 10.3. The van der Waals surface area contributed by atoms with Gasteiger partial charge >= 0.3 is 12.1 Å². The Balaban J connectivity index is 1.55. The SMILES string of the molecule is Cn1nc2c(c1NC(=O)NCCCc1ccccc1)CN(C(=O)OC(C)(C)C)CC2. The topological polar surface area (TPSA) is 88.5 Å². The number of anilines is 1. The fourth-order valence-corrected chi connectivity index (χ4v) is 3.43. The third-order valence-electron chi connectivity index (χ3n) is 4.85. The second kappa shape index (κ2) is 9.19. The Morgan fingerprint density at radius 3 is 2.63 bits per heavy atom. The highest BCUT2D eigenvalue weighted by molar-refractivity contribution is 5.89. The summed E-state index contributed by atoms with van der Waals surface area (Å²) in [7, 11) is 1.79. The zero-order valence-corrected chi connectivity index (χ0v) is 18.2. The van der Waals surface area contributed by atoms with Crippen molar-refractivity contribution >= 4 is 17.9 Å². The molecule has 0 spiro atoms. The lowest BCUT2D eigenvalue weighted by molar-refractivity contribution is 0.0224. The summed E-state index contributed by atoms with van der Waals surface area (Å²) >= 11 is 0. The molecule has 0 saturated heterocycles. The highest BCUT2D eigenvalue weighted by Crippen LogP contribution is 2.26. The lowest BCUT2D eigenvalue weighted by Gasteiger charge is -2.29. The molecule has 2 N–H and O–H groups in total. The first-order chi connectivity index (χ1) is 14.2. The van der Waals surface area contributed by atoms with E-state index < -0.39 is 5.60 Å². The van der Waals surface area contributed by atoms with Gasteiger partial charge in [0.05, 0.1) is 12.2 Å². The van der Waals surface area contributed by atoms with E-state index in [9.17, 15) is 9.59 Å². The zero-order chi connectivity index (χ0) is 21.7. The number of carbonyl (C=O) groups is 2. The van der Waals surface area contributed by atoms with Crippen molar-refractivity contribution in [3.05, 3.63) is 47.2 Å². The van der Waals surface area contributed by atoms with Gasteiger partial charge in [0.1, 0.15) is 11.4 Å². The van der Waals surface area contributed by atoms with E-state index in [-0.39, 0.29) is 12.1 Å². The maximum absolute atomic E-state index is 12.4. The van der Waals surface area contributed by atoms with Crippen LogP contribution in [0.25, 0.3) is 0 Å². The largest absolute Gasteiger partial charge is 0.444 e. The molecule has 8 nitrogen and oxygen atoms in total. The summed E-state index contributed by atoms with van der Waals surface area (Å²) in [5.41, 5.74) is 2.46. The quantitative estimate of drug-likeness (QED) is 0.735. The fraction of sp³-hybridized carbons (Fsp3) is 0.500. The van der Waals surface area contributed by atoms with Crippen LogP contribution < -0.4 is 10.6 Å². The third kappa shape index (κ3) is 5.75. The van der Waals surface area contributed by atoms with Gasteiger partial charge < -0.3 is 15.0 Å².